The summed E-state index contributed by atoms with van der Waals surface area (Å²) in [4.78, 5) is 26.1. The summed E-state index contributed by atoms with van der Waals surface area (Å²) in [6, 6.07) is 23.0. The first-order valence-electron chi connectivity index (χ1n) is 13.5. The Morgan fingerprint density at radius 2 is 1.67 bits per heavy atom. The van der Waals surface area contributed by atoms with Crippen molar-refractivity contribution in [2.24, 2.45) is 0 Å². The van der Waals surface area contributed by atoms with Gasteiger partial charge in [-0.3, -0.25) is 9.59 Å². The third-order valence-electron chi connectivity index (χ3n) is 7.46. The molecule has 0 saturated carbocycles. The van der Waals surface area contributed by atoms with E-state index in [1.165, 1.54) is 18.4 Å². The number of rotatable bonds is 8. The molecule has 8 heteroatoms. The topological polar surface area (TPSA) is 104 Å². The first kappa shape index (κ1) is 27.0. The molecule has 1 aromatic heterocycles. The number of benzene rings is 4. The van der Waals surface area contributed by atoms with Crippen molar-refractivity contribution in [3.05, 3.63) is 112 Å². The summed E-state index contributed by atoms with van der Waals surface area (Å²) in [7, 11) is 3.20. The molecule has 0 bridgehead atoms. The van der Waals surface area contributed by atoms with Crippen LogP contribution in [0, 0.1) is 0 Å². The molecule has 2 heterocycles. The molecule has 8 nitrogen and oxygen atoms in total. The average Bonchev–Trinajstić information content (AvgIpc) is 3.01. The van der Waals surface area contributed by atoms with Gasteiger partial charge in [-0.25, -0.2) is 0 Å². The second kappa shape index (κ2) is 11.3. The van der Waals surface area contributed by atoms with E-state index in [0.29, 0.717) is 57.9 Å². The van der Waals surface area contributed by atoms with Gasteiger partial charge in [0.05, 0.1) is 38.2 Å². The van der Waals surface area contributed by atoms with E-state index in [4.69, 9.17) is 23.4 Å². The van der Waals surface area contributed by atoms with Crippen molar-refractivity contribution in [1.82, 2.24) is 0 Å². The molecule has 42 heavy (non-hydrogen) atoms. The van der Waals surface area contributed by atoms with E-state index in [-0.39, 0.29) is 23.6 Å². The van der Waals surface area contributed by atoms with Crippen molar-refractivity contribution in [3.63, 3.8) is 0 Å². The van der Waals surface area contributed by atoms with Crippen molar-refractivity contribution in [2.45, 2.75) is 18.8 Å². The molecule has 1 aliphatic rings. The monoisotopic (exact) mass is 564 g/mol. The van der Waals surface area contributed by atoms with E-state index in [2.05, 4.69) is 0 Å². The summed E-state index contributed by atoms with van der Waals surface area (Å²) in [5, 5.41) is 10.0. The molecule has 5 aromatic rings. The fraction of sp³-hybridized carbons (Fsp3) is 0.176. The molecule has 1 N–H and O–H groups in total. The normalized spacial score (nSPS) is 14.2. The van der Waals surface area contributed by atoms with Crippen LogP contribution in [0.2, 0.25) is 0 Å². The summed E-state index contributed by atoms with van der Waals surface area (Å²) >= 11 is 0. The molecule has 212 valence electrons. The number of carbonyl (C=O) groups excluding carboxylic acids is 1. The Balaban J connectivity index is 1.32. The van der Waals surface area contributed by atoms with Gasteiger partial charge >= 0.3 is 5.97 Å². The van der Waals surface area contributed by atoms with Gasteiger partial charge in [-0.2, -0.15) is 0 Å². The third kappa shape index (κ3) is 5.14. The molecular formula is C34H28O8. The van der Waals surface area contributed by atoms with E-state index in [1.54, 1.807) is 38.5 Å². The Kier molecular flexibility index (Phi) is 7.27. The molecule has 6 rings (SSSR count). The van der Waals surface area contributed by atoms with Gasteiger partial charge in [0.1, 0.15) is 29.1 Å². The van der Waals surface area contributed by atoms with Gasteiger partial charge in [-0.1, -0.05) is 30.3 Å². The van der Waals surface area contributed by atoms with Crippen LogP contribution in [0.1, 0.15) is 29.0 Å². The maximum atomic E-state index is 13.5. The Hall–Kier alpha value is -5.24. The summed E-state index contributed by atoms with van der Waals surface area (Å²) < 4.78 is 28.5. The summed E-state index contributed by atoms with van der Waals surface area (Å²) in [6.07, 6.45) is 2.18. The highest BCUT2D eigenvalue weighted by molar-refractivity contribution is 5.90. The first-order chi connectivity index (χ1) is 20.4. The fourth-order valence-electron chi connectivity index (χ4n) is 5.27. The molecule has 0 aliphatic carbocycles. The predicted molar refractivity (Wildman–Crippen MR) is 157 cm³/mol. The van der Waals surface area contributed by atoms with Crippen molar-refractivity contribution in [3.8, 4) is 39.9 Å². The van der Waals surface area contributed by atoms with E-state index < -0.39 is 5.92 Å². The van der Waals surface area contributed by atoms with Crippen LogP contribution in [-0.2, 0) is 11.2 Å². The van der Waals surface area contributed by atoms with Gasteiger partial charge in [0, 0.05) is 17.9 Å². The van der Waals surface area contributed by atoms with Crippen LogP contribution >= 0.6 is 0 Å². The van der Waals surface area contributed by atoms with Gasteiger partial charge in [-0.15, -0.1) is 0 Å². The molecule has 0 amide bonds. The van der Waals surface area contributed by atoms with Gasteiger partial charge in [0.2, 0.25) is 5.43 Å². The minimum Gasteiger partial charge on any atom is -0.508 e. The zero-order chi connectivity index (χ0) is 29.2. The second-order valence-corrected chi connectivity index (χ2v) is 9.97. The maximum absolute atomic E-state index is 13.5. The highest BCUT2D eigenvalue weighted by Gasteiger charge is 2.32. The number of hydrogen-bond donors (Lipinski definition) is 1. The third-order valence-corrected chi connectivity index (χ3v) is 7.46. The fourth-order valence-corrected chi connectivity index (χ4v) is 5.27. The smallest absolute Gasteiger partial charge is 0.312 e. The first-order valence-corrected chi connectivity index (χ1v) is 13.5. The highest BCUT2D eigenvalue weighted by atomic mass is 16.5. The Labute approximate surface area is 241 Å². The number of esters is 1. The quantitative estimate of drug-likeness (QED) is 0.174. The average molecular weight is 565 g/mol. The van der Waals surface area contributed by atoms with Crippen LogP contribution in [0.5, 0.6) is 28.7 Å². The molecule has 0 spiro atoms. The number of aromatic hydroxyl groups is 1. The molecule has 4 aromatic carbocycles. The number of ether oxygens (including phenoxy) is 4. The molecule has 0 unspecified atom stereocenters. The minimum absolute atomic E-state index is 0.0658. The maximum Gasteiger partial charge on any atom is 0.312 e. The molecule has 0 radical (unpaired) electrons. The number of methoxy groups -OCH3 is 2. The largest absolute Gasteiger partial charge is 0.508 e. The Morgan fingerprint density at radius 1 is 0.881 bits per heavy atom. The lowest BCUT2D eigenvalue weighted by Crippen LogP contribution is -2.22. The second-order valence-electron chi connectivity index (χ2n) is 9.97. The van der Waals surface area contributed by atoms with E-state index >= 15 is 0 Å². The van der Waals surface area contributed by atoms with Crippen LogP contribution in [0.4, 0.5) is 0 Å². The van der Waals surface area contributed by atoms with Crippen LogP contribution in [0.25, 0.3) is 22.1 Å². The lowest BCUT2D eigenvalue weighted by atomic mass is 9.85. The van der Waals surface area contributed by atoms with Crippen molar-refractivity contribution in [2.75, 3.05) is 20.8 Å². The van der Waals surface area contributed by atoms with Gasteiger partial charge in [0.15, 0.2) is 11.5 Å². The number of fused-ring (bicyclic) bond motifs is 3. The van der Waals surface area contributed by atoms with Gasteiger partial charge in [-0.05, 0) is 65.2 Å². The van der Waals surface area contributed by atoms with Crippen molar-refractivity contribution < 1.29 is 33.3 Å². The lowest BCUT2D eigenvalue weighted by Gasteiger charge is -2.26. The van der Waals surface area contributed by atoms with E-state index in [1.807, 2.05) is 42.5 Å². The molecular weight excluding hydrogens is 536 g/mol. The van der Waals surface area contributed by atoms with Crippen molar-refractivity contribution >= 4 is 16.9 Å². The van der Waals surface area contributed by atoms with Gasteiger partial charge < -0.3 is 28.5 Å². The van der Waals surface area contributed by atoms with Crippen LogP contribution in [0.3, 0.4) is 0 Å². The summed E-state index contributed by atoms with van der Waals surface area (Å²) in [5.41, 5.74) is 3.66. The van der Waals surface area contributed by atoms with Gasteiger partial charge in [0.25, 0.3) is 0 Å². The summed E-state index contributed by atoms with van der Waals surface area (Å²) in [5.74, 6) is 1.55. The zero-order valence-electron chi connectivity index (χ0n) is 23.1. The van der Waals surface area contributed by atoms with E-state index in [0.717, 1.165) is 16.9 Å². The van der Waals surface area contributed by atoms with E-state index in [9.17, 15) is 14.7 Å². The lowest BCUT2D eigenvalue weighted by molar-refractivity contribution is -0.135. The number of hydrogen-bond acceptors (Lipinski definition) is 8. The Bertz CT molecular complexity index is 1820. The molecule has 0 fully saturated rings. The number of carbonyl (C=O) groups is 1. The van der Waals surface area contributed by atoms with Crippen LogP contribution in [0.15, 0.2) is 94.3 Å². The van der Waals surface area contributed by atoms with Crippen LogP contribution < -0.4 is 24.4 Å². The highest BCUT2D eigenvalue weighted by Crippen LogP contribution is 2.44. The predicted octanol–water partition coefficient (Wildman–Crippen LogP) is 6.25. The van der Waals surface area contributed by atoms with Crippen LogP contribution in [-0.4, -0.2) is 31.9 Å². The number of phenols is 1. The SMILES string of the molecule is COc1ccc(CCOc2ccc([C@@H]3CC(=O)Oc4ccc5c(=O)c(-c6ccc(O)cc6)coc5c43)cc2OC)cc1. The molecule has 1 atom stereocenters. The molecule has 0 saturated heterocycles. The summed E-state index contributed by atoms with van der Waals surface area (Å²) in [6.45, 7) is 0.444. The minimum atomic E-state index is -0.435. The van der Waals surface area contributed by atoms with Crippen molar-refractivity contribution in [1.29, 1.82) is 0 Å². The standard InChI is InChI=1S/C34H28O8/c1-38-24-10-3-20(4-11-24)15-16-40-28-13-7-22(17-30(28)39-2)26-18-31(36)42-29-14-12-25-33(37)27(19-41-34(25)32(26)29)21-5-8-23(35)9-6-21/h3-14,17,19,26,35H,15-16,18H2,1-2H3/t26-/m0/s1. The zero-order valence-corrected chi connectivity index (χ0v) is 23.1. The number of phenolic OH excluding ortho intramolecular Hbond substituents is 1. The Morgan fingerprint density at radius 3 is 2.40 bits per heavy atom. The molecule has 1 aliphatic heterocycles.